The van der Waals surface area contributed by atoms with Crippen molar-refractivity contribution in [3.05, 3.63) is 16.3 Å². The molecule has 1 amide bonds. The zero-order valence-electron chi connectivity index (χ0n) is 5.94. The molecule has 0 radical (unpaired) electrons. The van der Waals surface area contributed by atoms with E-state index in [1.165, 1.54) is 18.4 Å². The van der Waals surface area contributed by atoms with Crippen molar-refractivity contribution in [1.29, 1.82) is 0 Å². The maximum atomic E-state index is 10.7. The molecule has 1 aromatic heterocycles. The van der Waals surface area contributed by atoms with Crippen LogP contribution in [0, 0.1) is 0 Å². The van der Waals surface area contributed by atoms with Crippen LogP contribution in [0.15, 0.2) is 11.4 Å². The van der Waals surface area contributed by atoms with E-state index in [2.05, 4.69) is 0 Å². The Morgan fingerprint density at radius 2 is 2.45 bits per heavy atom. The zero-order chi connectivity index (χ0) is 8.43. The van der Waals surface area contributed by atoms with Gasteiger partial charge in [-0.1, -0.05) is 0 Å². The first-order valence-corrected chi connectivity index (χ1v) is 3.81. The molecule has 0 aliphatic rings. The van der Waals surface area contributed by atoms with E-state index < -0.39 is 5.91 Å². The van der Waals surface area contributed by atoms with Crippen LogP contribution in [0.5, 0.6) is 0 Å². The molecule has 60 valence electrons. The van der Waals surface area contributed by atoms with Gasteiger partial charge in [0.2, 0.25) is 0 Å². The molecule has 11 heavy (non-hydrogen) atoms. The van der Waals surface area contributed by atoms with Gasteiger partial charge in [0.15, 0.2) is 0 Å². The molecule has 1 aromatic rings. The summed E-state index contributed by atoms with van der Waals surface area (Å²) in [5, 5.41) is 11.5. The number of hydrogen-bond acceptors (Lipinski definition) is 4. The Morgan fingerprint density at radius 3 is 2.82 bits per heavy atom. The van der Waals surface area contributed by atoms with Crippen LogP contribution >= 0.6 is 11.3 Å². The number of carbonyl (C=O) groups is 1. The van der Waals surface area contributed by atoms with Crippen molar-refractivity contribution in [1.82, 2.24) is 0 Å². The fourth-order valence-electron chi connectivity index (χ4n) is 0.742. The highest BCUT2D eigenvalue weighted by molar-refractivity contribution is 7.12. The third kappa shape index (κ3) is 1.50. The van der Waals surface area contributed by atoms with Crippen LogP contribution in [0.25, 0.3) is 0 Å². The van der Waals surface area contributed by atoms with E-state index in [1.807, 2.05) is 0 Å². The molecule has 0 aromatic carbocycles. The summed E-state index contributed by atoms with van der Waals surface area (Å²) in [6, 6.07) is 1.63. The van der Waals surface area contributed by atoms with Gasteiger partial charge in [-0.25, -0.2) is 0 Å². The first kappa shape index (κ1) is 8.03. The number of nitrogens with zero attached hydrogens (tertiary/aromatic N) is 1. The molecule has 0 fully saturated rings. The summed E-state index contributed by atoms with van der Waals surface area (Å²) in [5.41, 5.74) is 5.48. The van der Waals surface area contributed by atoms with E-state index in [1.54, 1.807) is 11.4 Å². The molecule has 0 aliphatic carbocycles. The summed E-state index contributed by atoms with van der Waals surface area (Å²) >= 11 is 1.21. The Labute approximate surface area is 67.8 Å². The normalized spacial score (nSPS) is 9.64. The van der Waals surface area contributed by atoms with Gasteiger partial charge in [0, 0.05) is 7.05 Å². The van der Waals surface area contributed by atoms with Crippen LogP contribution in [-0.2, 0) is 0 Å². The van der Waals surface area contributed by atoms with Gasteiger partial charge in [-0.3, -0.25) is 15.1 Å². The molecule has 1 heterocycles. The lowest BCUT2D eigenvalue weighted by Gasteiger charge is -2.08. The Kier molecular flexibility index (Phi) is 2.11. The largest absolute Gasteiger partial charge is 0.365 e. The first-order valence-electron chi connectivity index (χ1n) is 2.93. The van der Waals surface area contributed by atoms with Gasteiger partial charge >= 0.3 is 0 Å². The second kappa shape index (κ2) is 2.89. The van der Waals surface area contributed by atoms with Gasteiger partial charge in [-0.05, 0) is 11.4 Å². The summed E-state index contributed by atoms with van der Waals surface area (Å²) in [7, 11) is 1.44. The van der Waals surface area contributed by atoms with Crippen LogP contribution in [0.3, 0.4) is 0 Å². The van der Waals surface area contributed by atoms with Gasteiger partial charge in [-0.2, -0.15) is 0 Å². The SMILES string of the molecule is CN(O)c1ccsc1C(N)=O. The summed E-state index contributed by atoms with van der Waals surface area (Å²) in [6.45, 7) is 0. The minimum Gasteiger partial charge on any atom is -0.365 e. The molecule has 3 N–H and O–H groups in total. The average molecular weight is 172 g/mol. The van der Waals surface area contributed by atoms with Crippen molar-refractivity contribution in [2.45, 2.75) is 0 Å². The van der Waals surface area contributed by atoms with Gasteiger partial charge < -0.3 is 5.73 Å². The monoisotopic (exact) mass is 172 g/mol. The second-order valence-electron chi connectivity index (χ2n) is 2.02. The molecule has 0 saturated heterocycles. The molecular weight excluding hydrogens is 164 g/mol. The molecule has 0 saturated carbocycles. The molecular formula is C6H8N2O2S. The van der Waals surface area contributed by atoms with Crippen molar-refractivity contribution < 1.29 is 10.0 Å². The lowest BCUT2D eigenvalue weighted by molar-refractivity contribution is 0.100. The number of rotatable bonds is 2. The number of hydrogen-bond donors (Lipinski definition) is 2. The highest BCUT2D eigenvalue weighted by atomic mass is 32.1. The highest BCUT2D eigenvalue weighted by Crippen LogP contribution is 2.23. The van der Waals surface area contributed by atoms with Crippen LogP contribution in [-0.4, -0.2) is 18.2 Å². The van der Waals surface area contributed by atoms with Gasteiger partial charge in [0.1, 0.15) is 4.88 Å². The summed E-state index contributed by atoms with van der Waals surface area (Å²) in [5.74, 6) is -0.518. The number of nitrogens with two attached hydrogens (primary N) is 1. The number of hydroxylamine groups is 1. The Morgan fingerprint density at radius 1 is 1.82 bits per heavy atom. The lowest BCUT2D eigenvalue weighted by atomic mass is 10.4. The van der Waals surface area contributed by atoms with E-state index in [0.717, 1.165) is 5.06 Å². The predicted octanol–water partition coefficient (Wildman–Crippen LogP) is 0.672. The fourth-order valence-corrected chi connectivity index (χ4v) is 1.51. The molecule has 0 aliphatic heterocycles. The minimum atomic E-state index is -0.518. The molecule has 0 bridgehead atoms. The quantitative estimate of drug-likeness (QED) is 0.644. The molecule has 0 unspecified atom stereocenters. The Hall–Kier alpha value is -1.07. The maximum Gasteiger partial charge on any atom is 0.260 e. The van der Waals surface area contributed by atoms with Crippen LogP contribution in [0.2, 0.25) is 0 Å². The molecule has 4 nitrogen and oxygen atoms in total. The van der Waals surface area contributed by atoms with Crippen molar-refractivity contribution in [2.24, 2.45) is 5.73 Å². The summed E-state index contributed by atoms with van der Waals surface area (Å²) in [6.07, 6.45) is 0. The van der Waals surface area contributed by atoms with E-state index in [0.29, 0.717) is 10.6 Å². The van der Waals surface area contributed by atoms with E-state index in [-0.39, 0.29) is 0 Å². The number of thiophene rings is 1. The standard InChI is InChI=1S/C6H8N2O2S/c1-8(10)4-2-3-11-5(4)6(7)9/h2-3,10H,1H3,(H2,7,9). The van der Waals surface area contributed by atoms with Crippen LogP contribution in [0.4, 0.5) is 5.69 Å². The first-order chi connectivity index (χ1) is 5.13. The lowest BCUT2D eigenvalue weighted by Crippen LogP contribution is -2.16. The Bertz CT molecular complexity index is 269. The van der Waals surface area contributed by atoms with Gasteiger partial charge in [0.25, 0.3) is 5.91 Å². The average Bonchev–Trinajstić information content (AvgIpc) is 2.32. The van der Waals surface area contributed by atoms with E-state index in [9.17, 15) is 4.79 Å². The third-order valence-electron chi connectivity index (χ3n) is 1.22. The van der Waals surface area contributed by atoms with Gasteiger partial charge in [0.05, 0.1) is 5.69 Å². The Balaban J connectivity index is 3.06. The molecule has 0 spiro atoms. The smallest absolute Gasteiger partial charge is 0.260 e. The van der Waals surface area contributed by atoms with E-state index >= 15 is 0 Å². The number of anilines is 1. The number of primary amides is 1. The fraction of sp³-hybridized carbons (Fsp3) is 0.167. The molecule has 5 heteroatoms. The zero-order valence-corrected chi connectivity index (χ0v) is 6.76. The van der Waals surface area contributed by atoms with Crippen LogP contribution < -0.4 is 10.8 Å². The van der Waals surface area contributed by atoms with Crippen molar-refractivity contribution in [3.63, 3.8) is 0 Å². The highest BCUT2D eigenvalue weighted by Gasteiger charge is 2.11. The van der Waals surface area contributed by atoms with E-state index in [4.69, 9.17) is 10.9 Å². The maximum absolute atomic E-state index is 10.7. The van der Waals surface area contributed by atoms with Crippen molar-refractivity contribution >= 4 is 22.9 Å². The van der Waals surface area contributed by atoms with Crippen LogP contribution in [0.1, 0.15) is 9.67 Å². The van der Waals surface area contributed by atoms with Gasteiger partial charge in [-0.15, -0.1) is 11.3 Å². The second-order valence-corrected chi connectivity index (χ2v) is 2.94. The topological polar surface area (TPSA) is 66.6 Å². The predicted molar refractivity (Wildman–Crippen MR) is 43.0 cm³/mol. The minimum absolute atomic E-state index is 0.370. The van der Waals surface area contributed by atoms with Crippen molar-refractivity contribution in [3.8, 4) is 0 Å². The number of carbonyl (C=O) groups excluding carboxylic acids is 1. The summed E-state index contributed by atoms with van der Waals surface area (Å²) in [4.78, 5) is 11.1. The summed E-state index contributed by atoms with van der Waals surface area (Å²) < 4.78 is 0. The van der Waals surface area contributed by atoms with Crippen molar-refractivity contribution in [2.75, 3.05) is 12.1 Å². The number of amides is 1. The molecule has 1 rings (SSSR count). The molecule has 0 atom stereocenters. The third-order valence-corrected chi connectivity index (χ3v) is 2.14.